The Morgan fingerprint density at radius 3 is 2.86 bits per heavy atom. The second-order valence-corrected chi connectivity index (χ2v) is 4.12. The Morgan fingerprint density at radius 1 is 1.43 bits per heavy atom. The van der Waals surface area contributed by atoms with Gasteiger partial charge in [-0.25, -0.2) is 4.79 Å². The Morgan fingerprint density at radius 2 is 2.19 bits per heavy atom. The molecular weight excluding hydrogens is 278 g/mol. The summed E-state index contributed by atoms with van der Waals surface area (Å²) in [5, 5.41) is 24.0. The molecule has 21 heavy (non-hydrogen) atoms. The highest BCUT2D eigenvalue weighted by Crippen LogP contribution is 2.17. The molecule has 0 radical (unpaired) electrons. The molecule has 1 aromatic heterocycles. The quantitative estimate of drug-likeness (QED) is 0.505. The predicted octanol–water partition coefficient (Wildman–Crippen LogP) is 2.01. The van der Waals surface area contributed by atoms with Crippen LogP contribution in [-0.4, -0.2) is 16.2 Å². The number of hydrogen-bond donors (Lipinski definition) is 2. The molecule has 0 fully saturated rings. The van der Waals surface area contributed by atoms with Crippen LogP contribution in [0.15, 0.2) is 44.6 Å². The second-order valence-electron chi connectivity index (χ2n) is 4.12. The Balaban J connectivity index is 2.18. The van der Waals surface area contributed by atoms with E-state index in [1.54, 1.807) is 6.07 Å². The lowest BCUT2D eigenvalue weighted by Crippen LogP contribution is -2.08. The standard InChI is InChI=1S/C13H11N3O5/c1-8-5-12(17)11(13(18)21-8)7-14-15-9-3-2-4-10(6-9)16(19)20/h2-7,15,17H,1H3/b14-7-. The molecule has 8 heteroatoms. The van der Waals surface area contributed by atoms with Gasteiger partial charge in [0.2, 0.25) is 0 Å². The first-order valence-corrected chi connectivity index (χ1v) is 5.84. The lowest BCUT2D eigenvalue weighted by Gasteiger charge is -2.00. The molecule has 0 spiro atoms. The van der Waals surface area contributed by atoms with Crippen LogP contribution in [0.5, 0.6) is 5.75 Å². The first-order valence-electron chi connectivity index (χ1n) is 5.84. The van der Waals surface area contributed by atoms with Crippen LogP contribution in [0.4, 0.5) is 11.4 Å². The molecule has 108 valence electrons. The SMILES string of the molecule is Cc1cc(O)c(/C=N\Nc2cccc([N+](=O)[O-])c2)c(=O)o1. The van der Waals surface area contributed by atoms with Crippen LogP contribution in [0.1, 0.15) is 11.3 Å². The van der Waals surface area contributed by atoms with Gasteiger partial charge in [0.05, 0.1) is 16.8 Å². The molecule has 8 nitrogen and oxygen atoms in total. The van der Waals surface area contributed by atoms with E-state index >= 15 is 0 Å². The van der Waals surface area contributed by atoms with E-state index in [4.69, 9.17) is 4.42 Å². The van der Waals surface area contributed by atoms with Gasteiger partial charge in [0, 0.05) is 18.2 Å². The number of aromatic hydroxyl groups is 1. The summed E-state index contributed by atoms with van der Waals surface area (Å²) in [6.45, 7) is 1.53. The number of hydrazone groups is 1. The third-order valence-corrected chi connectivity index (χ3v) is 2.53. The third kappa shape index (κ3) is 3.44. The highest BCUT2D eigenvalue weighted by Gasteiger charge is 2.07. The molecule has 0 atom stereocenters. The van der Waals surface area contributed by atoms with Gasteiger partial charge < -0.3 is 9.52 Å². The van der Waals surface area contributed by atoms with Crippen molar-refractivity contribution in [3.8, 4) is 5.75 Å². The number of benzene rings is 1. The molecule has 0 aliphatic rings. The van der Waals surface area contributed by atoms with Gasteiger partial charge in [-0.1, -0.05) is 6.07 Å². The summed E-state index contributed by atoms with van der Waals surface area (Å²) in [5.41, 5.74) is 1.98. The van der Waals surface area contributed by atoms with E-state index in [9.17, 15) is 20.0 Å². The Labute approximate surface area is 118 Å². The molecule has 0 aliphatic carbocycles. The molecule has 2 aromatic rings. The minimum atomic E-state index is -0.725. The zero-order chi connectivity index (χ0) is 15.4. The summed E-state index contributed by atoms with van der Waals surface area (Å²) in [6, 6.07) is 6.98. The zero-order valence-corrected chi connectivity index (χ0v) is 10.9. The van der Waals surface area contributed by atoms with Crippen molar-refractivity contribution in [2.24, 2.45) is 5.10 Å². The minimum absolute atomic E-state index is 0.0899. The van der Waals surface area contributed by atoms with Gasteiger partial charge in [0.15, 0.2) is 0 Å². The fourth-order valence-corrected chi connectivity index (χ4v) is 1.58. The number of aryl methyl sites for hydroxylation is 1. The largest absolute Gasteiger partial charge is 0.507 e. The number of non-ortho nitro benzene ring substituents is 1. The maximum atomic E-state index is 11.5. The number of nitro benzene ring substituents is 1. The van der Waals surface area contributed by atoms with Gasteiger partial charge in [-0.2, -0.15) is 5.10 Å². The van der Waals surface area contributed by atoms with Crippen molar-refractivity contribution in [3.05, 3.63) is 62.2 Å². The molecule has 1 aromatic carbocycles. The smallest absolute Gasteiger partial charge is 0.348 e. The summed E-state index contributed by atoms with van der Waals surface area (Å²) in [5.74, 6) is 0.0228. The zero-order valence-electron chi connectivity index (χ0n) is 10.9. The molecule has 0 saturated carbocycles. The highest BCUT2D eigenvalue weighted by molar-refractivity contribution is 5.83. The number of nitrogens with one attached hydrogen (secondary N) is 1. The van der Waals surface area contributed by atoms with Gasteiger partial charge in [-0.15, -0.1) is 0 Å². The normalized spacial score (nSPS) is 10.7. The van der Waals surface area contributed by atoms with Gasteiger partial charge in [-0.05, 0) is 13.0 Å². The Bertz CT molecular complexity index is 767. The average Bonchev–Trinajstić information content (AvgIpc) is 2.42. The van der Waals surface area contributed by atoms with Crippen LogP contribution in [0.25, 0.3) is 0 Å². The van der Waals surface area contributed by atoms with Crippen molar-refractivity contribution in [1.82, 2.24) is 0 Å². The molecule has 2 rings (SSSR count). The van der Waals surface area contributed by atoms with E-state index < -0.39 is 10.5 Å². The van der Waals surface area contributed by atoms with Gasteiger partial charge in [0.1, 0.15) is 17.1 Å². The van der Waals surface area contributed by atoms with Crippen LogP contribution >= 0.6 is 0 Å². The summed E-state index contributed by atoms with van der Waals surface area (Å²) in [4.78, 5) is 21.6. The highest BCUT2D eigenvalue weighted by atomic mass is 16.6. The molecule has 1 heterocycles. The van der Waals surface area contributed by atoms with E-state index in [-0.39, 0.29) is 22.8 Å². The van der Waals surface area contributed by atoms with Crippen LogP contribution in [-0.2, 0) is 0 Å². The first-order chi connectivity index (χ1) is 9.97. The average molecular weight is 289 g/mol. The van der Waals surface area contributed by atoms with E-state index in [1.807, 2.05) is 0 Å². The fourth-order valence-electron chi connectivity index (χ4n) is 1.58. The molecule has 0 bridgehead atoms. The maximum absolute atomic E-state index is 11.5. The third-order valence-electron chi connectivity index (χ3n) is 2.53. The van der Waals surface area contributed by atoms with Crippen LogP contribution in [0.2, 0.25) is 0 Å². The fraction of sp³-hybridized carbons (Fsp3) is 0.0769. The van der Waals surface area contributed by atoms with Crippen LogP contribution in [0, 0.1) is 17.0 Å². The summed E-state index contributed by atoms with van der Waals surface area (Å²) >= 11 is 0. The van der Waals surface area contributed by atoms with E-state index in [0.29, 0.717) is 5.69 Å². The summed E-state index contributed by atoms with van der Waals surface area (Å²) in [6.07, 6.45) is 1.08. The lowest BCUT2D eigenvalue weighted by molar-refractivity contribution is -0.384. The summed E-state index contributed by atoms with van der Waals surface area (Å²) < 4.78 is 4.82. The lowest BCUT2D eigenvalue weighted by atomic mass is 10.2. The molecule has 0 aliphatic heterocycles. The maximum Gasteiger partial charge on any atom is 0.348 e. The van der Waals surface area contributed by atoms with E-state index in [2.05, 4.69) is 10.5 Å². The van der Waals surface area contributed by atoms with Crippen LogP contribution < -0.4 is 11.1 Å². The first kappa shape index (κ1) is 14.3. The molecule has 0 unspecified atom stereocenters. The van der Waals surface area contributed by atoms with Crippen molar-refractivity contribution < 1.29 is 14.4 Å². The van der Waals surface area contributed by atoms with E-state index in [1.165, 1.54) is 31.2 Å². The van der Waals surface area contributed by atoms with Crippen molar-refractivity contribution in [1.29, 1.82) is 0 Å². The second kappa shape index (κ2) is 5.87. The van der Waals surface area contributed by atoms with Crippen molar-refractivity contribution >= 4 is 17.6 Å². The van der Waals surface area contributed by atoms with Gasteiger partial charge >= 0.3 is 5.63 Å². The number of nitro groups is 1. The molecular formula is C13H11N3O5. The topological polar surface area (TPSA) is 118 Å². The minimum Gasteiger partial charge on any atom is -0.507 e. The monoisotopic (exact) mass is 289 g/mol. The van der Waals surface area contributed by atoms with Crippen molar-refractivity contribution in [2.75, 3.05) is 5.43 Å². The number of nitrogens with zero attached hydrogens (tertiary/aromatic N) is 2. The van der Waals surface area contributed by atoms with E-state index in [0.717, 1.165) is 6.21 Å². The predicted molar refractivity (Wildman–Crippen MR) is 75.7 cm³/mol. The number of hydrogen-bond acceptors (Lipinski definition) is 7. The number of anilines is 1. The molecule has 0 amide bonds. The van der Waals surface area contributed by atoms with Gasteiger partial charge in [0.25, 0.3) is 5.69 Å². The van der Waals surface area contributed by atoms with Crippen molar-refractivity contribution in [3.63, 3.8) is 0 Å². The Kier molecular flexibility index (Phi) is 3.98. The van der Waals surface area contributed by atoms with Crippen molar-refractivity contribution in [2.45, 2.75) is 6.92 Å². The number of rotatable bonds is 4. The van der Waals surface area contributed by atoms with Crippen LogP contribution in [0.3, 0.4) is 0 Å². The molecule has 0 saturated heterocycles. The molecule has 2 N–H and O–H groups in total. The van der Waals surface area contributed by atoms with Gasteiger partial charge in [-0.3, -0.25) is 15.5 Å². The Hall–Kier alpha value is -3.16. The summed E-state index contributed by atoms with van der Waals surface area (Å²) in [7, 11) is 0.